The molecule has 0 aliphatic carbocycles. The van der Waals surface area contributed by atoms with Crippen LogP contribution >= 0.6 is 23.2 Å². The van der Waals surface area contributed by atoms with Crippen molar-refractivity contribution in [2.24, 2.45) is 5.92 Å². The van der Waals surface area contributed by atoms with Crippen molar-refractivity contribution in [3.8, 4) is 0 Å². The highest BCUT2D eigenvalue weighted by Crippen LogP contribution is 2.15. The first-order valence-corrected chi connectivity index (χ1v) is 6.44. The molecule has 0 aromatic carbocycles. The molecule has 100 valence electrons. The van der Waals surface area contributed by atoms with E-state index in [1.807, 2.05) is 13.8 Å². The number of amides is 1. The van der Waals surface area contributed by atoms with Crippen LogP contribution in [0.2, 0.25) is 10.3 Å². The summed E-state index contributed by atoms with van der Waals surface area (Å²) in [5, 5.41) is 12.2. The van der Waals surface area contributed by atoms with Gasteiger partial charge in [0, 0.05) is 18.2 Å². The number of nitrogens with one attached hydrogen (secondary N) is 1. The van der Waals surface area contributed by atoms with E-state index in [0.29, 0.717) is 12.0 Å². The molecule has 1 heterocycles. The lowest BCUT2D eigenvalue weighted by atomic mass is 10.0. The molecule has 1 unspecified atom stereocenters. The number of aliphatic hydroxyl groups is 1. The number of hydrogen-bond donors (Lipinski definition) is 2. The van der Waals surface area contributed by atoms with Crippen molar-refractivity contribution in [2.45, 2.75) is 26.3 Å². The molecule has 1 amide bonds. The largest absolute Gasteiger partial charge is 0.396 e. The zero-order valence-corrected chi connectivity index (χ0v) is 11.8. The Morgan fingerprint density at radius 1 is 1.39 bits per heavy atom. The molecule has 2 N–H and O–H groups in total. The lowest BCUT2D eigenvalue weighted by Crippen LogP contribution is -2.39. The molecule has 4 nitrogen and oxygen atoms in total. The Kier molecular flexibility index (Phi) is 5.85. The van der Waals surface area contributed by atoms with Crippen LogP contribution in [0.4, 0.5) is 0 Å². The summed E-state index contributed by atoms with van der Waals surface area (Å²) in [5.74, 6) is -0.0396. The van der Waals surface area contributed by atoms with Gasteiger partial charge in [0.25, 0.3) is 5.91 Å². The van der Waals surface area contributed by atoms with Gasteiger partial charge in [-0.25, -0.2) is 4.98 Å². The molecule has 18 heavy (non-hydrogen) atoms. The smallest absolute Gasteiger partial charge is 0.251 e. The fourth-order valence-electron chi connectivity index (χ4n) is 1.56. The van der Waals surface area contributed by atoms with Crippen LogP contribution in [0.1, 0.15) is 30.6 Å². The molecule has 0 saturated carbocycles. The van der Waals surface area contributed by atoms with E-state index in [2.05, 4.69) is 10.3 Å². The van der Waals surface area contributed by atoms with Gasteiger partial charge in [0.2, 0.25) is 0 Å². The van der Waals surface area contributed by atoms with Gasteiger partial charge < -0.3 is 10.4 Å². The summed E-state index contributed by atoms with van der Waals surface area (Å²) < 4.78 is 0. The van der Waals surface area contributed by atoms with Gasteiger partial charge in [0.1, 0.15) is 10.3 Å². The number of carbonyl (C=O) groups is 1. The Morgan fingerprint density at radius 3 is 2.39 bits per heavy atom. The number of hydrogen-bond acceptors (Lipinski definition) is 3. The lowest BCUT2D eigenvalue weighted by Gasteiger charge is -2.21. The summed E-state index contributed by atoms with van der Waals surface area (Å²) in [4.78, 5) is 15.8. The van der Waals surface area contributed by atoms with Crippen LogP contribution in [0.3, 0.4) is 0 Å². The fourth-order valence-corrected chi connectivity index (χ4v) is 2.02. The second-order valence-electron chi connectivity index (χ2n) is 4.34. The van der Waals surface area contributed by atoms with E-state index >= 15 is 0 Å². The number of aromatic nitrogens is 1. The molecule has 1 atom stereocenters. The Bertz CT molecular complexity index is 404. The standard InChI is InChI=1S/C12H16Cl2N2O2/c1-7(2)9(3-4-17)15-12(18)8-5-10(13)16-11(14)6-8/h5-7,9,17H,3-4H2,1-2H3,(H,15,18). The molecule has 0 aliphatic heterocycles. The van der Waals surface area contributed by atoms with Crippen LogP contribution in [0.5, 0.6) is 0 Å². The molecule has 1 aromatic heterocycles. The fraction of sp³-hybridized carbons (Fsp3) is 0.500. The maximum atomic E-state index is 12.0. The van der Waals surface area contributed by atoms with E-state index in [1.165, 1.54) is 12.1 Å². The molecule has 0 spiro atoms. The molecule has 1 rings (SSSR count). The lowest BCUT2D eigenvalue weighted by molar-refractivity contribution is 0.0916. The van der Waals surface area contributed by atoms with Crippen molar-refractivity contribution in [1.29, 1.82) is 0 Å². The van der Waals surface area contributed by atoms with Crippen LogP contribution in [0, 0.1) is 5.92 Å². The van der Waals surface area contributed by atoms with E-state index in [0.717, 1.165) is 0 Å². The summed E-state index contributed by atoms with van der Waals surface area (Å²) in [6.45, 7) is 3.99. The Morgan fingerprint density at radius 2 is 1.94 bits per heavy atom. The normalized spacial score (nSPS) is 12.6. The molecule has 0 fully saturated rings. The first-order valence-electron chi connectivity index (χ1n) is 5.69. The van der Waals surface area contributed by atoms with Gasteiger partial charge in [-0.15, -0.1) is 0 Å². The van der Waals surface area contributed by atoms with Crippen LogP contribution in [-0.4, -0.2) is 28.6 Å². The van der Waals surface area contributed by atoms with Crippen LogP contribution in [-0.2, 0) is 0 Å². The highest BCUT2D eigenvalue weighted by Gasteiger charge is 2.17. The minimum atomic E-state index is -0.270. The minimum Gasteiger partial charge on any atom is -0.396 e. The molecular weight excluding hydrogens is 275 g/mol. The SMILES string of the molecule is CC(C)C(CCO)NC(=O)c1cc(Cl)nc(Cl)c1. The predicted octanol–water partition coefficient (Wildman–Crippen LogP) is 2.53. The summed E-state index contributed by atoms with van der Waals surface area (Å²) in [5.41, 5.74) is 0.364. The molecule has 1 aromatic rings. The Labute approximate surface area is 116 Å². The predicted molar refractivity (Wildman–Crippen MR) is 72.1 cm³/mol. The molecular formula is C12H16Cl2N2O2. The Balaban J connectivity index is 2.80. The number of halogens is 2. The van der Waals surface area contributed by atoms with Gasteiger partial charge in [-0.1, -0.05) is 37.0 Å². The third-order valence-corrected chi connectivity index (χ3v) is 2.97. The van der Waals surface area contributed by atoms with Crippen LogP contribution < -0.4 is 5.32 Å². The first kappa shape index (κ1) is 15.2. The van der Waals surface area contributed by atoms with Crippen molar-refractivity contribution in [2.75, 3.05) is 6.61 Å². The van der Waals surface area contributed by atoms with Gasteiger partial charge in [0.15, 0.2) is 0 Å². The van der Waals surface area contributed by atoms with Gasteiger partial charge in [-0.3, -0.25) is 4.79 Å². The van der Waals surface area contributed by atoms with Gasteiger partial charge in [-0.05, 0) is 24.5 Å². The molecule has 0 radical (unpaired) electrons. The van der Waals surface area contributed by atoms with Crippen molar-refractivity contribution < 1.29 is 9.90 Å². The van der Waals surface area contributed by atoms with E-state index in [4.69, 9.17) is 28.3 Å². The summed E-state index contributed by atoms with van der Waals surface area (Å²) in [6, 6.07) is 2.83. The number of rotatable bonds is 5. The molecule has 0 aliphatic rings. The molecule has 6 heteroatoms. The van der Waals surface area contributed by atoms with Crippen LogP contribution in [0.25, 0.3) is 0 Å². The number of carbonyl (C=O) groups excluding carboxylic acids is 1. The zero-order valence-electron chi connectivity index (χ0n) is 10.3. The first-order chi connectivity index (χ1) is 8.43. The van der Waals surface area contributed by atoms with Gasteiger partial charge in [0.05, 0.1) is 0 Å². The second kappa shape index (κ2) is 6.92. The minimum absolute atomic E-state index is 0.0288. The highest BCUT2D eigenvalue weighted by atomic mass is 35.5. The van der Waals surface area contributed by atoms with E-state index in [-0.39, 0.29) is 34.8 Å². The van der Waals surface area contributed by atoms with Gasteiger partial charge >= 0.3 is 0 Å². The average molecular weight is 291 g/mol. The number of pyridine rings is 1. The number of nitrogens with zero attached hydrogens (tertiary/aromatic N) is 1. The molecule has 0 bridgehead atoms. The van der Waals surface area contributed by atoms with Crippen molar-refractivity contribution >= 4 is 29.1 Å². The van der Waals surface area contributed by atoms with Crippen molar-refractivity contribution in [3.05, 3.63) is 28.0 Å². The van der Waals surface area contributed by atoms with Gasteiger partial charge in [-0.2, -0.15) is 0 Å². The van der Waals surface area contributed by atoms with E-state index in [9.17, 15) is 4.79 Å². The maximum Gasteiger partial charge on any atom is 0.251 e. The molecule has 0 saturated heterocycles. The maximum absolute atomic E-state index is 12.0. The monoisotopic (exact) mass is 290 g/mol. The third-order valence-electron chi connectivity index (χ3n) is 2.59. The second-order valence-corrected chi connectivity index (χ2v) is 5.11. The Hall–Kier alpha value is -0.840. The topological polar surface area (TPSA) is 62.2 Å². The zero-order chi connectivity index (χ0) is 13.7. The van der Waals surface area contributed by atoms with E-state index in [1.54, 1.807) is 0 Å². The average Bonchev–Trinajstić information content (AvgIpc) is 2.26. The quantitative estimate of drug-likeness (QED) is 0.819. The highest BCUT2D eigenvalue weighted by molar-refractivity contribution is 6.33. The van der Waals surface area contributed by atoms with Crippen LogP contribution in [0.15, 0.2) is 12.1 Å². The summed E-state index contributed by atoms with van der Waals surface area (Å²) in [7, 11) is 0. The third kappa shape index (κ3) is 4.44. The summed E-state index contributed by atoms with van der Waals surface area (Å²) >= 11 is 11.5. The summed E-state index contributed by atoms with van der Waals surface area (Å²) in [6.07, 6.45) is 0.510. The number of aliphatic hydroxyl groups excluding tert-OH is 1. The van der Waals surface area contributed by atoms with Crippen molar-refractivity contribution in [3.63, 3.8) is 0 Å². The van der Waals surface area contributed by atoms with Crippen molar-refractivity contribution in [1.82, 2.24) is 10.3 Å². The van der Waals surface area contributed by atoms with E-state index < -0.39 is 0 Å².